The molecule has 0 radical (unpaired) electrons. The lowest BCUT2D eigenvalue weighted by molar-refractivity contribution is -0.151. The van der Waals surface area contributed by atoms with E-state index in [1.54, 1.807) is 24.3 Å². The molecule has 0 amide bonds. The van der Waals surface area contributed by atoms with E-state index in [0.717, 1.165) is 0 Å². The van der Waals surface area contributed by atoms with Crippen LogP contribution in [0, 0.1) is 0 Å². The van der Waals surface area contributed by atoms with Gasteiger partial charge in [-0.25, -0.2) is 0 Å². The minimum absolute atomic E-state index is 0.186. The molecule has 0 bridgehead atoms. The number of ether oxygens (including phenoxy) is 1. The number of halogens is 4. The first-order valence-corrected chi connectivity index (χ1v) is 6.97. The first-order valence-electron chi connectivity index (χ1n) is 6.59. The molecular weight excluding hydrogens is 313 g/mol. The van der Waals surface area contributed by atoms with Crippen molar-refractivity contribution in [2.24, 2.45) is 0 Å². The van der Waals surface area contributed by atoms with Gasteiger partial charge in [-0.1, -0.05) is 41.9 Å². The predicted octanol–water partition coefficient (Wildman–Crippen LogP) is 5.25. The fourth-order valence-corrected chi connectivity index (χ4v) is 2.74. The summed E-state index contributed by atoms with van der Waals surface area (Å²) in [5.41, 5.74) is -1.06. The van der Waals surface area contributed by atoms with Crippen LogP contribution in [0.3, 0.4) is 0 Å². The second kappa shape index (κ2) is 5.06. The number of methoxy groups -OCH3 is 1. The minimum atomic E-state index is -4.39. The largest absolute Gasteiger partial charge is 0.497 e. The Labute approximate surface area is 131 Å². The zero-order valence-electron chi connectivity index (χ0n) is 11.6. The highest BCUT2D eigenvalue weighted by molar-refractivity contribution is 6.30. The number of allylic oxidation sites excluding steroid dienone is 2. The van der Waals surface area contributed by atoms with Crippen LogP contribution in [-0.4, -0.2) is 13.3 Å². The summed E-state index contributed by atoms with van der Waals surface area (Å²) in [6.07, 6.45) is -3.14. The Hall–Kier alpha value is -1.94. The quantitative estimate of drug-likeness (QED) is 0.749. The molecule has 2 aromatic rings. The minimum Gasteiger partial charge on any atom is -0.497 e. The molecule has 1 atom stereocenters. The molecule has 1 aliphatic carbocycles. The van der Waals surface area contributed by atoms with Crippen LogP contribution in [0.2, 0.25) is 5.02 Å². The first kappa shape index (κ1) is 15.0. The average molecular weight is 325 g/mol. The van der Waals surface area contributed by atoms with E-state index in [9.17, 15) is 13.2 Å². The molecule has 0 heterocycles. The Morgan fingerprint density at radius 3 is 2.05 bits per heavy atom. The number of benzene rings is 2. The third kappa shape index (κ3) is 2.28. The van der Waals surface area contributed by atoms with Crippen LogP contribution in [0.5, 0.6) is 5.75 Å². The summed E-state index contributed by atoms with van der Waals surface area (Å²) in [4.78, 5) is 0. The number of rotatable bonds is 3. The van der Waals surface area contributed by atoms with Crippen molar-refractivity contribution < 1.29 is 17.9 Å². The van der Waals surface area contributed by atoms with Gasteiger partial charge in [0.15, 0.2) is 0 Å². The summed E-state index contributed by atoms with van der Waals surface area (Å²) < 4.78 is 46.0. The van der Waals surface area contributed by atoms with Crippen LogP contribution in [0.1, 0.15) is 11.1 Å². The molecule has 0 aliphatic heterocycles. The van der Waals surface area contributed by atoms with E-state index >= 15 is 0 Å². The third-order valence-corrected chi connectivity index (χ3v) is 4.10. The van der Waals surface area contributed by atoms with Crippen molar-refractivity contribution in [3.05, 3.63) is 70.8 Å². The van der Waals surface area contributed by atoms with Gasteiger partial charge >= 0.3 is 6.18 Å². The molecule has 5 heteroatoms. The Kier molecular flexibility index (Phi) is 3.44. The van der Waals surface area contributed by atoms with E-state index in [1.165, 1.54) is 37.5 Å². The SMILES string of the molecule is COc1ccc(C2(C(F)(F)F)C=C2c2ccc(Cl)cc2)cc1. The van der Waals surface area contributed by atoms with Gasteiger partial charge < -0.3 is 4.74 Å². The normalized spacial score (nSPS) is 20.5. The van der Waals surface area contributed by atoms with Gasteiger partial charge in [-0.3, -0.25) is 0 Å². The fourth-order valence-electron chi connectivity index (χ4n) is 2.61. The first-order chi connectivity index (χ1) is 10.4. The van der Waals surface area contributed by atoms with Gasteiger partial charge in [0, 0.05) is 5.02 Å². The van der Waals surface area contributed by atoms with Gasteiger partial charge in [-0.2, -0.15) is 13.2 Å². The van der Waals surface area contributed by atoms with Crippen LogP contribution >= 0.6 is 11.6 Å². The molecule has 22 heavy (non-hydrogen) atoms. The molecule has 1 nitrogen and oxygen atoms in total. The van der Waals surface area contributed by atoms with E-state index in [1.807, 2.05) is 0 Å². The molecular formula is C17H12ClF3O. The van der Waals surface area contributed by atoms with Crippen molar-refractivity contribution in [1.29, 1.82) is 0 Å². The predicted molar refractivity (Wildman–Crippen MR) is 80.2 cm³/mol. The van der Waals surface area contributed by atoms with E-state index < -0.39 is 11.6 Å². The van der Waals surface area contributed by atoms with E-state index in [0.29, 0.717) is 16.3 Å². The highest BCUT2D eigenvalue weighted by Gasteiger charge is 2.65. The molecule has 114 valence electrons. The molecule has 0 fully saturated rings. The topological polar surface area (TPSA) is 9.23 Å². The van der Waals surface area contributed by atoms with E-state index in [2.05, 4.69) is 0 Å². The number of hydrogen-bond donors (Lipinski definition) is 0. The van der Waals surface area contributed by atoms with Gasteiger partial charge in [0.2, 0.25) is 0 Å². The Balaban J connectivity index is 2.01. The third-order valence-electron chi connectivity index (χ3n) is 3.85. The lowest BCUT2D eigenvalue weighted by Crippen LogP contribution is -2.31. The molecule has 1 aliphatic rings. The molecule has 1 unspecified atom stereocenters. The van der Waals surface area contributed by atoms with Gasteiger partial charge in [0.25, 0.3) is 0 Å². The van der Waals surface area contributed by atoms with Crippen LogP contribution in [0.15, 0.2) is 54.6 Å². The van der Waals surface area contributed by atoms with Crippen molar-refractivity contribution in [2.75, 3.05) is 7.11 Å². The second-order valence-electron chi connectivity index (χ2n) is 5.10. The average Bonchev–Trinajstić information content (AvgIpc) is 3.25. The molecule has 0 saturated heterocycles. The van der Waals surface area contributed by atoms with Crippen molar-refractivity contribution in [2.45, 2.75) is 11.6 Å². The van der Waals surface area contributed by atoms with E-state index in [-0.39, 0.29) is 11.1 Å². The van der Waals surface area contributed by atoms with Crippen molar-refractivity contribution >= 4 is 17.2 Å². The zero-order chi connectivity index (χ0) is 16.0. The summed E-state index contributed by atoms with van der Waals surface area (Å²) in [7, 11) is 1.48. The van der Waals surface area contributed by atoms with Crippen LogP contribution in [0.4, 0.5) is 13.2 Å². The van der Waals surface area contributed by atoms with Crippen molar-refractivity contribution in [3.63, 3.8) is 0 Å². The van der Waals surface area contributed by atoms with Gasteiger partial charge in [-0.15, -0.1) is 0 Å². The van der Waals surface area contributed by atoms with Gasteiger partial charge in [-0.05, 0) is 41.0 Å². The molecule has 0 saturated carbocycles. The lowest BCUT2D eigenvalue weighted by atomic mass is 9.87. The smallest absolute Gasteiger partial charge is 0.405 e. The number of hydrogen-bond acceptors (Lipinski definition) is 1. The van der Waals surface area contributed by atoms with Crippen LogP contribution in [-0.2, 0) is 5.41 Å². The number of alkyl halides is 3. The molecule has 0 N–H and O–H groups in total. The van der Waals surface area contributed by atoms with Gasteiger partial charge in [0.1, 0.15) is 11.2 Å². The maximum Gasteiger partial charge on any atom is 0.405 e. The Bertz CT molecular complexity index is 717. The summed E-state index contributed by atoms with van der Waals surface area (Å²) in [6.45, 7) is 0. The standard InChI is InChI=1S/C17H12ClF3O/c1-22-14-8-4-12(5-9-14)16(17(19,20)21)10-15(16)11-2-6-13(18)7-3-11/h2-10H,1H3. The highest BCUT2D eigenvalue weighted by atomic mass is 35.5. The monoisotopic (exact) mass is 324 g/mol. The molecule has 0 aromatic heterocycles. The summed E-state index contributed by atoms with van der Waals surface area (Å²) in [6, 6.07) is 12.4. The van der Waals surface area contributed by atoms with Crippen molar-refractivity contribution in [1.82, 2.24) is 0 Å². The maximum atomic E-state index is 13.7. The molecule has 2 aromatic carbocycles. The second-order valence-corrected chi connectivity index (χ2v) is 5.54. The fraction of sp³-hybridized carbons (Fsp3) is 0.176. The summed E-state index contributed by atoms with van der Waals surface area (Å²) >= 11 is 5.79. The van der Waals surface area contributed by atoms with Crippen LogP contribution < -0.4 is 4.74 Å². The summed E-state index contributed by atoms with van der Waals surface area (Å²) in [5, 5.41) is 0.493. The summed E-state index contributed by atoms with van der Waals surface area (Å²) in [5.74, 6) is 0.523. The molecule has 0 spiro atoms. The van der Waals surface area contributed by atoms with E-state index in [4.69, 9.17) is 16.3 Å². The van der Waals surface area contributed by atoms with Crippen molar-refractivity contribution in [3.8, 4) is 5.75 Å². The Morgan fingerprint density at radius 1 is 0.955 bits per heavy atom. The van der Waals surface area contributed by atoms with Gasteiger partial charge in [0.05, 0.1) is 7.11 Å². The zero-order valence-corrected chi connectivity index (χ0v) is 12.4. The maximum absolute atomic E-state index is 13.7. The Morgan fingerprint density at radius 2 is 1.55 bits per heavy atom. The highest BCUT2D eigenvalue weighted by Crippen LogP contribution is 2.61. The lowest BCUT2D eigenvalue weighted by Gasteiger charge is -2.23. The van der Waals surface area contributed by atoms with Crippen LogP contribution in [0.25, 0.3) is 5.57 Å². The molecule has 3 rings (SSSR count).